The highest BCUT2D eigenvalue weighted by Gasteiger charge is 2.15. The highest BCUT2D eigenvalue weighted by atomic mass is 35.5. The van der Waals surface area contributed by atoms with Gasteiger partial charge in [0.15, 0.2) is 11.5 Å². The van der Waals surface area contributed by atoms with Crippen LogP contribution in [0.25, 0.3) is 0 Å². The molecule has 0 aliphatic heterocycles. The molecule has 3 aromatic rings. The Kier molecular flexibility index (Phi) is 6.89. The van der Waals surface area contributed by atoms with Gasteiger partial charge in [0.1, 0.15) is 0 Å². The number of para-hydroxylation sites is 1. The molecule has 0 aliphatic rings. The number of halogens is 1. The number of esters is 1. The topological polar surface area (TPSA) is 59.6 Å². The lowest BCUT2D eigenvalue weighted by Gasteiger charge is -2.14. The van der Waals surface area contributed by atoms with Gasteiger partial charge in [0.25, 0.3) is 0 Å². The van der Waals surface area contributed by atoms with E-state index in [0.29, 0.717) is 35.2 Å². The predicted molar refractivity (Wildman–Crippen MR) is 111 cm³/mol. The van der Waals surface area contributed by atoms with Gasteiger partial charge in [-0.05, 0) is 48.9 Å². The predicted octanol–water partition coefficient (Wildman–Crippen LogP) is 5.07. The van der Waals surface area contributed by atoms with Gasteiger partial charge in [0, 0.05) is 12.2 Å². The summed E-state index contributed by atoms with van der Waals surface area (Å²) >= 11 is 6.07. The first-order valence-corrected chi connectivity index (χ1v) is 9.31. The molecule has 0 bridgehead atoms. The molecular weight excluding hydrogens is 376 g/mol. The third-order valence-corrected chi connectivity index (χ3v) is 4.23. The summed E-state index contributed by atoms with van der Waals surface area (Å²) in [7, 11) is 0. The number of anilines is 1. The van der Waals surface area contributed by atoms with Crippen molar-refractivity contribution in [1.82, 2.24) is 5.43 Å². The molecule has 0 aromatic heterocycles. The van der Waals surface area contributed by atoms with Crippen LogP contribution in [0.5, 0.6) is 11.5 Å². The van der Waals surface area contributed by atoms with Gasteiger partial charge in [0.2, 0.25) is 0 Å². The van der Waals surface area contributed by atoms with Crippen molar-refractivity contribution in [2.24, 2.45) is 0 Å². The summed E-state index contributed by atoms with van der Waals surface area (Å²) in [5.41, 5.74) is 8.53. The van der Waals surface area contributed by atoms with Gasteiger partial charge in [-0.2, -0.15) is 0 Å². The molecule has 144 valence electrons. The zero-order chi connectivity index (χ0) is 19.8. The maximum atomic E-state index is 12.4. The molecule has 0 atom stereocenters. The molecule has 28 heavy (non-hydrogen) atoms. The summed E-state index contributed by atoms with van der Waals surface area (Å²) in [6, 6.07) is 22.0. The molecule has 0 saturated carbocycles. The zero-order valence-electron chi connectivity index (χ0n) is 15.4. The van der Waals surface area contributed by atoms with Crippen molar-refractivity contribution in [3.63, 3.8) is 0 Å². The van der Waals surface area contributed by atoms with E-state index in [4.69, 9.17) is 21.1 Å². The number of benzene rings is 3. The smallest absolute Gasteiger partial charge is 0.345 e. The van der Waals surface area contributed by atoms with Gasteiger partial charge in [-0.15, -0.1) is 0 Å². The van der Waals surface area contributed by atoms with Gasteiger partial charge in [-0.3, -0.25) is 0 Å². The van der Waals surface area contributed by atoms with Crippen LogP contribution in [-0.2, 0) is 6.54 Å². The second-order valence-electron chi connectivity index (χ2n) is 5.93. The number of ether oxygens (including phenoxy) is 2. The quantitative estimate of drug-likeness (QED) is 0.316. The van der Waals surface area contributed by atoms with Crippen LogP contribution in [0.1, 0.15) is 22.8 Å². The minimum atomic E-state index is -0.525. The molecule has 5 nitrogen and oxygen atoms in total. The van der Waals surface area contributed by atoms with Crippen molar-refractivity contribution < 1.29 is 14.3 Å². The van der Waals surface area contributed by atoms with E-state index in [-0.39, 0.29) is 0 Å². The van der Waals surface area contributed by atoms with E-state index in [9.17, 15) is 4.79 Å². The largest absolute Gasteiger partial charge is 0.490 e. The number of carbonyl (C=O) groups is 1. The Morgan fingerprint density at radius 3 is 2.46 bits per heavy atom. The maximum Gasteiger partial charge on any atom is 0.345 e. The molecule has 0 heterocycles. The monoisotopic (exact) mass is 396 g/mol. The Bertz CT molecular complexity index is 932. The number of rotatable bonds is 8. The van der Waals surface area contributed by atoms with Gasteiger partial charge in [-0.25, -0.2) is 10.2 Å². The molecule has 3 aromatic carbocycles. The lowest BCUT2D eigenvalue weighted by Crippen LogP contribution is -2.20. The van der Waals surface area contributed by atoms with E-state index < -0.39 is 5.97 Å². The first-order chi connectivity index (χ1) is 13.7. The highest BCUT2D eigenvalue weighted by Crippen LogP contribution is 2.30. The van der Waals surface area contributed by atoms with Gasteiger partial charge >= 0.3 is 5.97 Å². The van der Waals surface area contributed by atoms with E-state index in [2.05, 4.69) is 10.9 Å². The van der Waals surface area contributed by atoms with Crippen LogP contribution in [-0.4, -0.2) is 12.6 Å². The fourth-order valence-corrected chi connectivity index (χ4v) is 2.78. The van der Waals surface area contributed by atoms with Crippen molar-refractivity contribution in [2.45, 2.75) is 13.5 Å². The normalized spacial score (nSPS) is 10.4. The zero-order valence-corrected chi connectivity index (χ0v) is 16.2. The number of hydrazine groups is 1. The first kappa shape index (κ1) is 19.7. The number of hydrogen-bond acceptors (Lipinski definition) is 5. The minimum Gasteiger partial charge on any atom is -0.490 e. The van der Waals surface area contributed by atoms with Crippen LogP contribution in [0.2, 0.25) is 5.02 Å². The summed E-state index contributed by atoms with van der Waals surface area (Å²) in [6.07, 6.45) is 0. The molecular formula is C22H21ClN2O3. The Labute approximate surface area is 169 Å². The highest BCUT2D eigenvalue weighted by molar-refractivity contribution is 6.33. The number of carbonyl (C=O) groups excluding carboxylic acids is 1. The first-order valence-electron chi connectivity index (χ1n) is 8.93. The fraction of sp³-hybridized carbons (Fsp3) is 0.136. The lowest BCUT2D eigenvalue weighted by atomic mass is 10.2. The summed E-state index contributed by atoms with van der Waals surface area (Å²) in [6.45, 7) is 2.89. The van der Waals surface area contributed by atoms with Crippen LogP contribution in [0.15, 0.2) is 72.8 Å². The van der Waals surface area contributed by atoms with Crippen molar-refractivity contribution in [3.05, 3.63) is 88.9 Å². The Morgan fingerprint density at radius 2 is 1.71 bits per heavy atom. The van der Waals surface area contributed by atoms with Crippen molar-refractivity contribution in [1.29, 1.82) is 0 Å². The summed E-state index contributed by atoms with van der Waals surface area (Å²) in [5.74, 6) is 0.330. The summed E-state index contributed by atoms with van der Waals surface area (Å²) in [4.78, 5) is 12.4. The van der Waals surface area contributed by atoms with Crippen LogP contribution < -0.4 is 20.3 Å². The molecule has 2 N–H and O–H groups in total. The minimum absolute atomic E-state index is 0.310. The van der Waals surface area contributed by atoms with E-state index in [1.54, 1.807) is 30.3 Å². The van der Waals surface area contributed by atoms with E-state index in [1.807, 2.05) is 49.4 Å². The van der Waals surface area contributed by atoms with Gasteiger partial charge in [-0.1, -0.05) is 48.0 Å². The average molecular weight is 397 g/mol. The molecule has 0 amide bonds. The summed E-state index contributed by atoms with van der Waals surface area (Å²) < 4.78 is 11.2. The standard InChI is InChI=1S/C22H21ClN2O3/c1-2-27-21-14-16(15-24-25-17-8-4-3-5-9-17)12-13-20(21)28-22(26)18-10-6-7-11-19(18)23/h3-14,24-25H,2,15H2,1H3. The molecule has 0 fully saturated rings. The molecule has 3 rings (SSSR count). The Hall–Kier alpha value is -3.02. The van der Waals surface area contributed by atoms with E-state index >= 15 is 0 Å². The fourth-order valence-electron chi connectivity index (χ4n) is 2.57. The molecule has 0 radical (unpaired) electrons. The molecule has 6 heteroatoms. The van der Waals surface area contributed by atoms with E-state index in [1.165, 1.54) is 0 Å². The van der Waals surface area contributed by atoms with Crippen molar-refractivity contribution in [3.8, 4) is 11.5 Å². The SMILES string of the molecule is CCOc1cc(CNNc2ccccc2)ccc1OC(=O)c1ccccc1Cl. The van der Waals surface area contributed by atoms with Crippen LogP contribution in [0.3, 0.4) is 0 Å². The third kappa shape index (κ3) is 5.25. The van der Waals surface area contributed by atoms with Crippen molar-refractivity contribution in [2.75, 3.05) is 12.0 Å². The molecule has 0 unspecified atom stereocenters. The van der Waals surface area contributed by atoms with Gasteiger partial charge in [0.05, 0.1) is 17.2 Å². The third-order valence-electron chi connectivity index (χ3n) is 3.90. The van der Waals surface area contributed by atoms with E-state index in [0.717, 1.165) is 11.3 Å². The maximum absolute atomic E-state index is 12.4. The number of nitrogens with one attached hydrogen (secondary N) is 2. The summed E-state index contributed by atoms with van der Waals surface area (Å²) in [5, 5.41) is 0.346. The second-order valence-corrected chi connectivity index (χ2v) is 6.34. The van der Waals surface area contributed by atoms with Crippen LogP contribution in [0.4, 0.5) is 5.69 Å². The molecule has 0 spiro atoms. The van der Waals surface area contributed by atoms with Gasteiger partial charge < -0.3 is 14.9 Å². The number of hydrogen-bond donors (Lipinski definition) is 2. The average Bonchev–Trinajstić information content (AvgIpc) is 2.71. The Morgan fingerprint density at radius 1 is 0.964 bits per heavy atom. The van der Waals surface area contributed by atoms with Crippen LogP contribution in [0, 0.1) is 0 Å². The van der Waals surface area contributed by atoms with Crippen LogP contribution >= 0.6 is 11.6 Å². The molecule has 0 aliphatic carbocycles. The second kappa shape index (κ2) is 9.78. The Balaban J connectivity index is 1.68. The molecule has 0 saturated heterocycles. The lowest BCUT2D eigenvalue weighted by molar-refractivity contribution is 0.0728. The van der Waals surface area contributed by atoms with Crippen molar-refractivity contribution >= 4 is 23.3 Å².